The van der Waals surface area contributed by atoms with E-state index in [0.29, 0.717) is 12.3 Å². The summed E-state index contributed by atoms with van der Waals surface area (Å²) in [5, 5.41) is 0.896. The van der Waals surface area contributed by atoms with Crippen LogP contribution in [0.3, 0.4) is 0 Å². The molecule has 1 amide bonds. The SMILES string of the molecule is CCCCCCCCCCCCCCCOC(CCCCCCCCCCCCCC)S[PH](=S)SCCC(=O)NCS[PH](=S)SC(CCCCCCCCCCCCCC)OCCCCCCCCCCCCCCC. The van der Waals surface area contributed by atoms with Gasteiger partial charge in [-0.05, 0) is 38.5 Å². The molecular weight excluding hydrogens is 1090 g/mol. The molecule has 1 N–H and O–H groups in total. The van der Waals surface area contributed by atoms with Gasteiger partial charge < -0.3 is 14.8 Å². The number of hydrogen-bond donors (Lipinski definition) is 1. The van der Waals surface area contributed by atoms with Gasteiger partial charge in [0.05, 0.1) is 5.88 Å². The summed E-state index contributed by atoms with van der Waals surface area (Å²) < 4.78 is 13.1. The fraction of sp³-hybridized carbons (Fsp3) is 0.984. The summed E-state index contributed by atoms with van der Waals surface area (Å²) in [7, 11) is 0. The Morgan fingerprint density at radius 2 is 0.592 bits per heavy atom. The van der Waals surface area contributed by atoms with E-state index in [9.17, 15) is 4.79 Å². The van der Waals surface area contributed by atoms with E-state index >= 15 is 0 Å². The highest BCUT2D eigenvalue weighted by atomic mass is 33.2. The standard InChI is InChI=1S/C64H131NO3P2S6/c1-5-9-13-17-21-25-29-33-37-41-45-49-53-58-67-63(55-51-47-43-39-35-31-27-23-19-15-11-7-3)75-69(71)73-60-57-62(66)65-61-74-70(72)76-64(56-52-48-44-40-36-32-28-24-20-16-12-8-4)68-59-54-50-46-42-38-34-30-26-22-18-14-10-6-2/h63-64,69-70H,5-61H2,1-4H3,(H,65,66). The summed E-state index contributed by atoms with van der Waals surface area (Å²) in [5.74, 6) is 1.52. The number of hydrogen-bond acceptors (Lipinski definition) is 9. The van der Waals surface area contributed by atoms with Gasteiger partial charge >= 0.3 is 0 Å². The highest BCUT2D eigenvalue weighted by molar-refractivity contribution is 8.94. The zero-order chi connectivity index (χ0) is 55.1. The summed E-state index contributed by atoms with van der Waals surface area (Å²) in [5.41, 5.74) is 0.398. The van der Waals surface area contributed by atoms with Gasteiger partial charge in [-0.15, -0.1) is 11.4 Å². The molecule has 0 rings (SSSR count). The van der Waals surface area contributed by atoms with E-state index in [1.165, 1.54) is 308 Å². The van der Waals surface area contributed by atoms with Gasteiger partial charge in [-0.2, -0.15) is 0 Å². The minimum atomic E-state index is -1.16. The third kappa shape index (κ3) is 63.7. The van der Waals surface area contributed by atoms with Crippen LogP contribution >= 0.6 is 55.7 Å². The van der Waals surface area contributed by atoms with Crippen molar-refractivity contribution >= 4 is 85.2 Å². The van der Waals surface area contributed by atoms with Gasteiger partial charge in [-0.3, -0.25) is 4.79 Å². The molecule has 0 radical (unpaired) electrons. The van der Waals surface area contributed by atoms with Gasteiger partial charge in [-0.25, -0.2) is 0 Å². The van der Waals surface area contributed by atoms with Crippen molar-refractivity contribution in [1.29, 1.82) is 0 Å². The molecule has 0 heterocycles. The molecule has 0 saturated heterocycles. The van der Waals surface area contributed by atoms with Crippen LogP contribution in [0.15, 0.2) is 0 Å². The Morgan fingerprint density at radius 1 is 0.355 bits per heavy atom. The van der Waals surface area contributed by atoms with Crippen molar-refractivity contribution in [2.75, 3.05) is 24.8 Å². The maximum Gasteiger partial charge on any atom is 0.221 e. The van der Waals surface area contributed by atoms with E-state index in [1.54, 1.807) is 11.4 Å². The quantitative estimate of drug-likeness (QED) is 0.0365. The predicted molar refractivity (Wildman–Crippen MR) is 366 cm³/mol. The Bertz CT molecular complexity index is 1110. The molecule has 4 nitrogen and oxygen atoms in total. The Kier molecular flexibility index (Phi) is 69.7. The van der Waals surface area contributed by atoms with Crippen LogP contribution in [0.2, 0.25) is 0 Å². The van der Waals surface area contributed by atoms with Gasteiger partial charge in [0, 0.05) is 35.6 Å². The number of carbonyl (C=O) groups excluding carboxylic acids is 1. The maximum atomic E-state index is 13.0. The first-order valence-corrected chi connectivity index (χ1v) is 45.5. The van der Waals surface area contributed by atoms with Gasteiger partial charge in [0.15, 0.2) is 0 Å². The number of carbonyl (C=O) groups is 1. The first-order valence-electron chi connectivity index (χ1n) is 33.6. The van der Waals surface area contributed by atoms with Crippen molar-refractivity contribution in [3.63, 3.8) is 0 Å². The zero-order valence-electron chi connectivity index (χ0n) is 51.1. The van der Waals surface area contributed by atoms with Gasteiger partial charge in [0.2, 0.25) is 5.91 Å². The minimum absolute atomic E-state index is 0.128. The molecule has 456 valence electrons. The van der Waals surface area contributed by atoms with Gasteiger partial charge in [-0.1, -0.05) is 381 Å². The van der Waals surface area contributed by atoms with Crippen molar-refractivity contribution in [2.45, 2.75) is 379 Å². The normalized spacial score (nSPS) is 13.4. The fourth-order valence-electron chi connectivity index (χ4n) is 10.1. The Morgan fingerprint density at radius 3 is 0.868 bits per heavy atom. The van der Waals surface area contributed by atoms with Crippen LogP contribution < -0.4 is 5.32 Å². The van der Waals surface area contributed by atoms with E-state index in [1.807, 2.05) is 34.1 Å². The molecule has 0 aliphatic heterocycles. The van der Waals surface area contributed by atoms with Crippen LogP contribution in [0.5, 0.6) is 0 Å². The van der Waals surface area contributed by atoms with E-state index < -0.39 is 10.2 Å². The first kappa shape index (κ1) is 78.1. The van der Waals surface area contributed by atoms with Crippen LogP contribution in [0, 0.1) is 0 Å². The van der Waals surface area contributed by atoms with Crippen LogP contribution in [0.25, 0.3) is 0 Å². The van der Waals surface area contributed by atoms with Crippen molar-refractivity contribution in [2.24, 2.45) is 0 Å². The smallest absolute Gasteiger partial charge is 0.221 e. The molecule has 4 atom stereocenters. The summed E-state index contributed by atoms with van der Waals surface area (Å²) in [4.78, 5) is 13.0. The summed E-state index contributed by atoms with van der Waals surface area (Å²) in [6.45, 7) is 10.9. The van der Waals surface area contributed by atoms with Crippen molar-refractivity contribution in [3.8, 4) is 0 Å². The number of amides is 1. The number of nitrogens with one attached hydrogen (secondary N) is 1. The molecule has 0 bridgehead atoms. The van der Waals surface area contributed by atoms with Gasteiger partial charge in [0.1, 0.15) is 10.9 Å². The average Bonchev–Trinajstić information content (AvgIpc) is 3.41. The molecule has 0 saturated carbocycles. The maximum absolute atomic E-state index is 13.0. The molecule has 0 fully saturated rings. The second kappa shape index (κ2) is 67.9. The Balaban J connectivity index is 4.69. The largest absolute Gasteiger partial charge is 0.367 e. The lowest BCUT2D eigenvalue weighted by Crippen LogP contribution is -2.22. The van der Waals surface area contributed by atoms with E-state index in [0.717, 1.165) is 44.6 Å². The Hall–Kier alpha value is 2.09. The third-order valence-corrected chi connectivity index (χ3v) is 30.9. The molecular formula is C64H131NO3P2S6. The molecule has 0 aromatic carbocycles. The summed E-state index contributed by atoms with van der Waals surface area (Å²) >= 11 is 19.6. The van der Waals surface area contributed by atoms with Crippen molar-refractivity contribution in [1.82, 2.24) is 5.32 Å². The molecule has 4 unspecified atom stereocenters. The molecule has 12 heteroatoms. The van der Waals surface area contributed by atoms with E-state index in [2.05, 4.69) is 33.0 Å². The lowest BCUT2D eigenvalue weighted by molar-refractivity contribution is -0.120. The lowest BCUT2D eigenvalue weighted by atomic mass is 10.0. The molecule has 0 spiro atoms. The first-order chi connectivity index (χ1) is 37.5. The average molecular weight is 1220 g/mol. The fourth-order valence-corrected chi connectivity index (χ4v) is 24.2. The van der Waals surface area contributed by atoms with Crippen LogP contribution in [0.4, 0.5) is 0 Å². The second-order valence-electron chi connectivity index (χ2n) is 22.7. The van der Waals surface area contributed by atoms with Gasteiger partial charge in [0.25, 0.3) is 0 Å². The topological polar surface area (TPSA) is 47.6 Å². The second-order valence-corrected chi connectivity index (χ2v) is 41.6. The number of unbranched alkanes of at least 4 members (excludes halogenated alkanes) is 46. The van der Waals surface area contributed by atoms with Crippen LogP contribution in [-0.2, 0) is 37.9 Å². The minimum Gasteiger partial charge on any atom is -0.367 e. The number of ether oxygens (including phenoxy) is 2. The molecule has 76 heavy (non-hydrogen) atoms. The summed E-state index contributed by atoms with van der Waals surface area (Å²) in [6.07, 6.45) is 71.4. The Labute approximate surface area is 504 Å². The van der Waals surface area contributed by atoms with Crippen molar-refractivity contribution in [3.05, 3.63) is 0 Å². The third-order valence-electron chi connectivity index (χ3n) is 15.2. The highest BCUT2D eigenvalue weighted by Crippen LogP contribution is 2.54. The lowest BCUT2D eigenvalue weighted by Gasteiger charge is -2.19. The molecule has 0 aliphatic carbocycles. The highest BCUT2D eigenvalue weighted by Gasteiger charge is 2.15. The van der Waals surface area contributed by atoms with Crippen LogP contribution in [0.1, 0.15) is 368 Å². The zero-order valence-corrected chi connectivity index (χ0v) is 58.0. The van der Waals surface area contributed by atoms with E-state index in [4.69, 9.17) is 33.1 Å². The van der Waals surface area contributed by atoms with E-state index in [-0.39, 0.29) is 16.8 Å². The number of rotatable bonds is 67. The monoisotopic (exact) mass is 1220 g/mol. The molecule has 0 aromatic heterocycles. The molecule has 0 aliphatic rings. The molecule has 0 aromatic rings. The van der Waals surface area contributed by atoms with Crippen LogP contribution in [-0.4, -0.2) is 41.6 Å². The van der Waals surface area contributed by atoms with Crippen molar-refractivity contribution < 1.29 is 14.3 Å². The summed E-state index contributed by atoms with van der Waals surface area (Å²) in [6, 6.07) is 0. The predicted octanol–water partition coefficient (Wildman–Crippen LogP) is 25.4.